The zero-order valence-corrected chi connectivity index (χ0v) is 29.8. The van der Waals surface area contributed by atoms with E-state index in [0.717, 1.165) is 66.7 Å². The fourth-order valence-electron chi connectivity index (χ4n) is 8.16. The third-order valence-electron chi connectivity index (χ3n) is 10.9. The molecule has 0 radical (unpaired) electrons. The van der Waals surface area contributed by atoms with Gasteiger partial charge in [-0.2, -0.15) is 0 Å². The topological polar surface area (TPSA) is 38.9 Å². The minimum Gasteiger partial charge on any atom is -0.456 e. The molecule has 256 valence electrons. The zero-order valence-electron chi connectivity index (χ0n) is 29.8. The van der Waals surface area contributed by atoms with Crippen molar-refractivity contribution in [3.63, 3.8) is 0 Å². The van der Waals surface area contributed by atoms with Crippen LogP contribution in [0.1, 0.15) is 0 Å². The Hall–Kier alpha value is -7.36. The Bertz CT molecular complexity index is 3250. The van der Waals surface area contributed by atoms with Gasteiger partial charge in [-0.1, -0.05) is 158 Å². The molecule has 11 aromatic rings. The van der Waals surface area contributed by atoms with Gasteiger partial charge >= 0.3 is 0 Å². The van der Waals surface area contributed by atoms with Crippen LogP contribution in [0.2, 0.25) is 0 Å². The maximum atomic E-state index is 6.20. The number of fused-ring (bicyclic) bond motifs is 7. The average molecular weight is 701 g/mol. The lowest BCUT2D eigenvalue weighted by molar-refractivity contribution is 0.669. The summed E-state index contributed by atoms with van der Waals surface area (Å²) in [5.41, 5.74) is 11.2. The maximum absolute atomic E-state index is 6.20. The summed E-state index contributed by atoms with van der Waals surface area (Å²) in [5, 5.41) is 9.72. The average Bonchev–Trinajstić information content (AvgIpc) is 3.64. The van der Waals surface area contributed by atoms with E-state index >= 15 is 0 Å². The van der Waals surface area contributed by atoms with E-state index in [2.05, 4.69) is 164 Å². The molecule has 0 saturated heterocycles. The summed E-state index contributed by atoms with van der Waals surface area (Å²) in [4.78, 5) is 10.3. The molecule has 2 aromatic heterocycles. The Morgan fingerprint density at radius 3 is 1.76 bits per heavy atom. The van der Waals surface area contributed by atoms with E-state index < -0.39 is 0 Å². The SMILES string of the molecule is c1ccc(-c2nc(-c3ccc(-c4ccc5c(c4)oc4ccccc45)cc3)cc(-c3cccc(-c4c5ccccc5cc5c4ccc4ccccc45)c3)n2)cc1. The standard InChI is InChI=1S/C52H32N2O/c1-2-12-36(13-3-1)52-53-47(35-23-21-33(22-24-35)37-26-27-44-43-19-8-9-20-49(43)55-50(44)31-37)32-48(54-52)39-15-10-16-40(29-39)51-42-18-7-5-14-38(42)30-46-41-17-6-4-11-34(41)25-28-45(46)51/h1-32H. The second kappa shape index (κ2) is 12.6. The Balaban J connectivity index is 1.03. The number of benzene rings is 9. The van der Waals surface area contributed by atoms with Gasteiger partial charge in [0.05, 0.1) is 11.4 Å². The number of rotatable bonds is 5. The van der Waals surface area contributed by atoms with Crippen LogP contribution in [0.15, 0.2) is 199 Å². The first kappa shape index (κ1) is 31.2. The highest BCUT2D eigenvalue weighted by Gasteiger charge is 2.16. The van der Waals surface area contributed by atoms with Crippen molar-refractivity contribution in [2.45, 2.75) is 0 Å². The van der Waals surface area contributed by atoms with E-state index in [1.807, 2.05) is 30.3 Å². The molecule has 3 nitrogen and oxygen atoms in total. The highest BCUT2D eigenvalue weighted by Crippen LogP contribution is 2.41. The predicted octanol–water partition coefficient (Wildman–Crippen LogP) is 14.2. The molecule has 55 heavy (non-hydrogen) atoms. The van der Waals surface area contributed by atoms with Crippen molar-refractivity contribution in [2.75, 3.05) is 0 Å². The minimum atomic E-state index is 0.694. The molecule has 9 aromatic carbocycles. The summed E-state index contributed by atoms with van der Waals surface area (Å²) < 4.78 is 6.20. The van der Waals surface area contributed by atoms with Crippen LogP contribution < -0.4 is 0 Å². The fourth-order valence-corrected chi connectivity index (χ4v) is 8.16. The molecule has 0 aliphatic carbocycles. The van der Waals surface area contributed by atoms with Gasteiger partial charge in [0.25, 0.3) is 0 Å². The molecule has 2 heterocycles. The van der Waals surface area contributed by atoms with Gasteiger partial charge in [0, 0.05) is 27.5 Å². The molecule has 0 amide bonds. The van der Waals surface area contributed by atoms with Gasteiger partial charge in [-0.3, -0.25) is 0 Å². The summed E-state index contributed by atoms with van der Waals surface area (Å²) in [7, 11) is 0. The molecule has 3 heteroatoms. The maximum Gasteiger partial charge on any atom is 0.160 e. The van der Waals surface area contributed by atoms with Gasteiger partial charge in [0.15, 0.2) is 5.82 Å². The van der Waals surface area contributed by atoms with Gasteiger partial charge in [0.2, 0.25) is 0 Å². The van der Waals surface area contributed by atoms with Crippen molar-refractivity contribution in [3.05, 3.63) is 194 Å². The van der Waals surface area contributed by atoms with Crippen molar-refractivity contribution < 1.29 is 4.42 Å². The van der Waals surface area contributed by atoms with Crippen LogP contribution in [0.4, 0.5) is 0 Å². The molecule has 0 saturated carbocycles. The quantitative estimate of drug-likeness (QED) is 0.133. The molecule has 0 bridgehead atoms. The fraction of sp³-hybridized carbons (Fsp3) is 0. The Labute approximate surface area is 317 Å². The van der Waals surface area contributed by atoms with Crippen molar-refractivity contribution in [1.82, 2.24) is 9.97 Å². The van der Waals surface area contributed by atoms with Crippen LogP contribution >= 0.6 is 0 Å². The first-order chi connectivity index (χ1) is 27.2. The highest BCUT2D eigenvalue weighted by atomic mass is 16.3. The van der Waals surface area contributed by atoms with Crippen molar-refractivity contribution in [2.24, 2.45) is 0 Å². The number of hydrogen-bond acceptors (Lipinski definition) is 3. The van der Waals surface area contributed by atoms with E-state index in [9.17, 15) is 0 Å². The van der Waals surface area contributed by atoms with Crippen molar-refractivity contribution >= 4 is 54.3 Å². The summed E-state index contributed by atoms with van der Waals surface area (Å²) in [6, 6.07) is 68.7. The number of hydrogen-bond donors (Lipinski definition) is 0. The molecule has 0 N–H and O–H groups in total. The van der Waals surface area contributed by atoms with Gasteiger partial charge < -0.3 is 4.42 Å². The molecule has 11 rings (SSSR count). The van der Waals surface area contributed by atoms with Crippen molar-refractivity contribution in [1.29, 1.82) is 0 Å². The second-order valence-electron chi connectivity index (χ2n) is 14.1. The van der Waals surface area contributed by atoms with Gasteiger partial charge in [-0.15, -0.1) is 0 Å². The van der Waals surface area contributed by atoms with Crippen molar-refractivity contribution in [3.8, 4) is 56.2 Å². The molecule has 0 aliphatic rings. The highest BCUT2D eigenvalue weighted by molar-refractivity contribution is 6.20. The van der Waals surface area contributed by atoms with Gasteiger partial charge in [0.1, 0.15) is 11.2 Å². The smallest absolute Gasteiger partial charge is 0.160 e. The van der Waals surface area contributed by atoms with Crippen LogP contribution in [0, 0.1) is 0 Å². The first-order valence-electron chi connectivity index (χ1n) is 18.6. The van der Waals surface area contributed by atoms with Crippen LogP contribution in [0.3, 0.4) is 0 Å². The lowest BCUT2D eigenvalue weighted by Gasteiger charge is -2.15. The van der Waals surface area contributed by atoms with Crippen LogP contribution in [0.25, 0.3) is 110 Å². The van der Waals surface area contributed by atoms with E-state index in [1.165, 1.54) is 37.9 Å². The van der Waals surface area contributed by atoms with Gasteiger partial charge in [-0.25, -0.2) is 9.97 Å². The lowest BCUT2D eigenvalue weighted by Crippen LogP contribution is -1.96. The Kier molecular flexibility index (Phi) is 7.17. The third-order valence-corrected chi connectivity index (χ3v) is 10.9. The molecule has 0 unspecified atom stereocenters. The lowest BCUT2D eigenvalue weighted by atomic mass is 9.89. The Morgan fingerprint density at radius 2 is 0.909 bits per heavy atom. The normalized spacial score (nSPS) is 11.6. The van der Waals surface area contributed by atoms with E-state index in [4.69, 9.17) is 14.4 Å². The minimum absolute atomic E-state index is 0.694. The molecule has 0 spiro atoms. The summed E-state index contributed by atoms with van der Waals surface area (Å²) in [6.07, 6.45) is 0. The zero-order chi connectivity index (χ0) is 36.3. The van der Waals surface area contributed by atoms with E-state index in [1.54, 1.807) is 0 Å². The molecule has 0 atom stereocenters. The number of aromatic nitrogens is 2. The molecule has 0 aliphatic heterocycles. The Morgan fingerprint density at radius 1 is 0.291 bits per heavy atom. The predicted molar refractivity (Wildman–Crippen MR) is 229 cm³/mol. The molecule has 0 fully saturated rings. The number of furan rings is 1. The largest absolute Gasteiger partial charge is 0.456 e. The summed E-state index contributed by atoms with van der Waals surface area (Å²) >= 11 is 0. The molecular weight excluding hydrogens is 669 g/mol. The number of nitrogens with zero attached hydrogens (tertiary/aromatic N) is 2. The second-order valence-corrected chi connectivity index (χ2v) is 14.1. The first-order valence-corrected chi connectivity index (χ1v) is 18.6. The van der Waals surface area contributed by atoms with Gasteiger partial charge in [-0.05, 0) is 91.0 Å². The van der Waals surface area contributed by atoms with Crippen LogP contribution in [-0.2, 0) is 0 Å². The van der Waals surface area contributed by atoms with Crippen LogP contribution in [0.5, 0.6) is 0 Å². The summed E-state index contributed by atoms with van der Waals surface area (Å²) in [6.45, 7) is 0. The molecular formula is C52H32N2O. The third kappa shape index (κ3) is 5.36. The van der Waals surface area contributed by atoms with Crippen LogP contribution in [-0.4, -0.2) is 9.97 Å². The van der Waals surface area contributed by atoms with E-state index in [0.29, 0.717) is 5.82 Å². The monoisotopic (exact) mass is 700 g/mol. The van der Waals surface area contributed by atoms with E-state index in [-0.39, 0.29) is 0 Å². The summed E-state index contributed by atoms with van der Waals surface area (Å²) in [5.74, 6) is 0.694. The number of para-hydroxylation sites is 1.